The number of nitrogen functional groups attached to an aromatic ring is 1. The Morgan fingerprint density at radius 2 is 2.04 bits per heavy atom. The smallest absolute Gasteiger partial charge is 0.319 e. The van der Waals surface area contributed by atoms with Crippen LogP contribution in [0.15, 0.2) is 24.4 Å². The molecule has 5 heterocycles. The summed E-state index contributed by atoms with van der Waals surface area (Å²) >= 11 is 7.51. The lowest BCUT2D eigenvalue weighted by molar-refractivity contribution is 0.107. The number of benzene rings is 2. The molecular formula is C32H25ClF3N9O2S. The lowest BCUT2D eigenvalue weighted by Crippen LogP contribution is -2.43. The summed E-state index contributed by atoms with van der Waals surface area (Å²) in [6.07, 6.45) is 2.26. The lowest BCUT2D eigenvalue weighted by atomic mass is 9.95. The van der Waals surface area contributed by atoms with Crippen molar-refractivity contribution in [2.75, 3.05) is 30.7 Å². The van der Waals surface area contributed by atoms with Crippen molar-refractivity contribution in [1.82, 2.24) is 24.8 Å². The SMILES string of the molecule is C[C@@H](Nc1nc(OC[C@@]23CCCN2C[C@H](F)C3)nc2c(F)c(-c3ccc(F)c4sc(N)c(C#N)c34)c(Cl)c(O)c12)c1ccnc(C#N)n1. The van der Waals surface area contributed by atoms with Crippen LogP contribution in [0.1, 0.15) is 49.3 Å². The molecule has 2 aliphatic rings. The van der Waals surface area contributed by atoms with Crippen LogP contribution >= 0.6 is 22.9 Å². The number of rotatable bonds is 7. The van der Waals surface area contributed by atoms with E-state index in [4.69, 9.17) is 22.1 Å². The molecule has 0 spiro atoms. The number of nitrogens with one attached hydrogen (secondary N) is 1. The fourth-order valence-corrected chi connectivity index (χ4v) is 8.00. The number of anilines is 2. The van der Waals surface area contributed by atoms with Gasteiger partial charge in [-0.1, -0.05) is 17.7 Å². The molecule has 16 heteroatoms. The molecule has 2 aliphatic heterocycles. The monoisotopic (exact) mass is 691 g/mol. The molecule has 0 bridgehead atoms. The summed E-state index contributed by atoms with van der Waals surface area (Å²) in [5, 5.41) is 33.2. The summed E-state index contributed by atoms with van der Waals surface area (Å²) in [4.78, 5) is 19.0. The van der Waals surface area contributed by atoms with E-state index in [1.54, 1.807) is 13.0 Å². The highest BCUT2D eigenvalue weighted by Crippen LogP contribution is 2.49. The summed E-state index contributed by atoms with van der Waals surface area (Å²) in [5.41, 5.74) is 5.07. The number of nitriles is 2. The fourth-order valence-electron chi connectivity index (χ4n) is 6.77. The second-order valence-corrected chi connectivity index (χ2v) is 13.3. The first-order chi connectivity index (χ1) is 23.0. The topological polar surface area (TPSA) is 170 Å². The second kappa shape index (κ2) is 11.9. The van der Waals surface area contributed by atoms with Crippen LogP contribution in [-0.4, -0.2) is 61.3 Å². The number of nitrogens with zero attached hydrogens (tertiary/aromatic N) is 7. The predicted octanol–water partition coefficient (Wildman–Crippen LogP) is 6.39. The van der Waals surface area contributed by atoms with E-state index in [9.17, 15) is 24.4 Å². The Morgan fingerprint density at radius 1 is 1.23 bits per heavy atom. The Bertz CT molecular complexity index is 2220. The second-order valence-electron chi connectivity index (χ2n) is 11.8. The fraction of sp³-hybridized carbons (Fsp3) is 0.312. The van der Waals surface area contributed by atoms with Crippen LogP contribution in [0, 0.1) is 34.3 Å². The molecule has 48 heavy (non-hydrogen) atoms. The van der Waals surface area contributed by atoms with Gasteiger partial charge in [-0.05, 0) is 44.0 Å². The summed E-state index contributed by atoms with van der Waals surface area (Å²) in [6, 6.07) is 6.84. The van der Waals surface area contributed by atoms with Gasteiger partial charge in [0.25, 0.3) is 0 Å². The molecule has 7 rings (SSSR count). The Balaban J connectivity index is 1.41. The van der Waals surface area contributed by atoms with Crippen LogP contribution in [0.25, 0.3) is 32.1 Å². The van der Waals surface area contributed by atoms with Crippen LogP contribution in [-0.2, 0) is 0 Å². The van der Waals surface area contributed by atoms with Gasteiger partial charge in [0, 0.05) is 30.1 Å². The molecule has 3 atom stereocenters. The van der Waals surface area contributed by atoms with Crippen molar-refractivity contribution >= 4 is 54.7 Å². The first-order valence-electron chi connectivity index (χ1n) is 14.9. The molecule has 0 aliphatic carbocycles. The first kappa shape index (κ1) is 31.6. The Morgan fingerprint density at radius 3 is 2.81 bits per heavy atom. The van der Waals surface area contributed by atoms with Crippen LogP contribution in [0.4, 0.5) is 24.0 Å². The molecule has 0 unspecified atom stereocenters. The van der Waals surface area contributed by atoms with E-state index in [1.165, 1.54) is 12.3 Å². The van der Waals surface area contributed by atoms with Gasteiger partial charge in [0.05, 0.1) is 37.9 Å². The van der Waals surface area contributed by atoms with E-state index < -0.39 is 40.2 Å². The number of fused-ring (bicyclic) bond motifs is 3. The molecule has 11 nitrogen and oxygen atoms in total. The zero-order valence-electron chi connectivity index (χ0n) is 25.2. The third-order valence-electron chi connectivity index (χ3n) is 8.98. The highest BCUT2D eigenvalue weighted by Gasteiger charge is 2.49. The van der Waals surface area contributed by atoms with Gasteiger partial charge in [-0.25, -0.2) is 23.1 Å². The zero-order chi connectivity index (χ0) is 33.9. The summed E-state index contributed by atoms with van der Waals surface area (Å²) < 4.78 is 52.3. The molecule has 4 N–H and O–H groups in total. The predicted molar refractivity (Wildman–Crippen MR) is 173 cm³/mol. The number of hydrogen-bond donors (Lipinski definition) is 3. The van der Waals surface area contributed by atoms with Gasteiger partial charge < -0.3 is 20.9 Å². The van der Waals surface area contributed by atoms with Crippen LogP contribution in [0.3, 0.4) is 0 Å². The van der Waals surface area contributed by atoms with Crippen molar-refractivity contribution in [2.45, 2.75) is 43.9 Å². The number of phenols is 1. The maximum absolute atomic E-state index is 16.9. The molecule has 2 fully saturated rings. The quantitative estimate of drug-likeness (QED) is 0.173. The average molecular weight is 692 g/mol. The number of ether oxygens (including phenoxy) is 1. The molecule has 0 saturated carbocycles. The van der Waals surface area contributed by atoms with Crippen molar-refractivity contribution < 1.29 is 23.0 Å². The molecule has 244 valence electrons. The van der Waals surface area contributed by atoms with Gasteiger partial charge in [-0.3, -0.25) is 4.90 Å². The molecule has 3 aromatic heterocycles. The minimum atomic E-state index is -1.01. The van der Waals surface area contributed by atoms with Gasteiger partial charge in [-0.2, -0.15) is 20.5 Å². The van der Waals surface area contributed by atoms with Gasteiger partial charge >= 0.3 is 6.01 Å². The summed E-state index contributed by atoms with van der Waals surface area (Å²) in [7, 11) is 0. The van der Waals surface area contributed by atoms with Crippen LogP contribution < -0.4 is 15.8 Å². The highest BCUT2D eigenvalue weighted by atomic mass is 35.5. The van der Waals surface area contributed by atoms with Gasteiger partial charge in [0.15, 0.2) is 5.82 Å². The van der Waals surface area contributed by atoms with E-state index in [2.05, 4.69) is 25.3 Å². The maximum Gasteiger partial charge on any atom is 0.319 e. The molecule has 5 aromatic rings. The van der Waals surface area contributed by atoms with Crippen molar-refractivity contribution in [2.24, 2.45) is 0 Å². The Kier molecular flexibility index (Phi) is 7.86. The van der Waals surface area contributed by atoms with Crippen molar-refractivity contribution in [1.29, 1.82) is 10.5 Å². The van der Waals surface area contributed by atoms with Crippen LogP contribution in [0.2, 0.25) is 5.02 Å². The maximum atomic E-state index is 16.9. The van der Waals surface area contributed by atoms with Crippen LogP contribution in [0.5, 0.6) is 11.8 Å². The molecule has 2 saturated heterocycles. The molecule has 0 radical (unpaired) electrons. The number of phenolic OH excluding ortho intramolecular Hbond substituents is 1. The number of nitrogens with two attached hydrogens (primary N) is 1. The van der Waals surface area contributed by atoms with Gasteiger partial charge in [0.1, 0.15) is 52.8 Å². The third-order valence-corrected chi connectivity index (χ3v) is 10.4. The van der Waals surface area contributed by atoms with E-state index >= 15 is 4.39 Å². The third kappa shape index (κ3) is 5.06. The Labute approximate surface area is 280 Å². The van der Waals surface area contributed by atoms with Crippen molar-refractivity contribution in [3.8, 4) is 35.0 Å². The van der Waals surface area contributed by atoms with Gasteiger partial charge in [-0.15, -0.1) is 11.3 Å². The number of alkyl halides is 1. The molecular weight excluding hydrogens is 667 g/mol. The van der Waals surface area contributed by atoms with Crippen molar-refractivity contribution in [3.63, 3.8) is 0 Å². The first-order valence-corrected chi connectivity index (χ1v) is 16.1. The summed E-state index contributed by atoms with van der Waals surface area (Å²) in [5.74, 6) is -2.41. The average Bonchev–Trinajstić information content (AvgIpc) is 3.72. The number of aromatic nitrogens is 4. The van der Waals surface area contributed by atoms with E-state index in [0.29, 0.717) is 18.7 Å². The number of aromatic hydroxyl groups is 1. The van der Waals surface area contributed by atoms with E-state index in [1.807, 2.05) is 17.0 Å². The van der Waals surface area contributed by atoms with Crippen molar-refractivity contribution in [3.05, 3.63) is 58.1 Å². The highest BCUT2D eigenvalue weighted by molar-refractivity contribution is 7.23. The van der Waals surface area contributed by atoms with E-state index in [0.717, 1.165) is 30.4 Å². The molecule has 2 aromatic carbocycles. The number of hydrogen-bond acceptors (Lipinski definition) is 12. The molecule has 0 amide bonds. The lowest BCUT2D eigenvalue weighted by Gasteiger charge is -2.30. The Hall–Kier alpha value is -4.96. The number of halogens is 4. The minimum absolute atomic E-state index is 0.0178. The summed E-state index contributed by atoms with van der Waals surface area (Å²) in [6.45, 7) is 2.77. The standard InChI is InChI=1S/C32H25ClF3N9O2S/c1-14(19-5-7-40-20(11-38)42-19)41-30-23-26(43-31(44-30)47-13-32-6-2-8-45(32)12-15(34)9-32)25(36)22(24(33)27(23)46)16-3-4-18(35)28-21(16)17(10-37)29(39)48-28/h3-5,7,14-15,46H,2,6,8-9,12-13,39H2,1H3,(H,41,43,44)/t14-,15-,32+/m1/s1. The minimum Gasteiger partial charge on any atom is -0.506 e. The van der Waals surface area contributed by atoms with E-state index in [-0.39, 0.29) is 73.4 Å². The van der Waals surface area contributed by atoms with Gasteiger partial charge in [0.2, 0.25) is 5.82 Å². The number of thiophene rings is 1. The largest absolute Gasteiger partial charge is 0.506 e. The zero-order valence-corrected chi connectivity index (χ0v) is 26.8. The normalized spacial score (nSPS) is 19.7.